The minimum atomic E-state index is 0.714. The van der Waals surface area contributed by atoms with Crippen molar-refractivity contribution < 1.29 is 9.47 Å². The number of para-hydroxylation sites is 4. The van der Waals surface area contributed by atoms with Gasteiger partial charge >= 0.3 is 0 Å². The lowest BCUT2D eigenvalue weighted by Gasteiger charge is -2.23. The average molecular weight is 333 g/mol. The SMILES string of the molecule is COc1ccccc1N(/N=C/c1ccccn1)c1ccccc1OC. The smallest absolute Gasteiger partial charge is 0.144 e. The zero-order valence-corrected chi connectivity index (χ0v) is 14.2. The highest BCUT2D eigenvalue weighted by Crippen LogP contribution is 2.38. The Balaban J connectivity index is 2.10. The van der Waals surface area contributed by atoms with Crippen LogP contribution in [-0.4, -0.2) is 25.4 Å². The number of anilines is 2. The summed E-state index contributed by atoms with van der Waals surface area (Å²) >= 11 is 0. The van der Waals surface area contributed by atoms with E-state index < -0.39 is 0 Å². The molecule has 3 rings (SSSR count). The van der Waals surface area contributed by atoms with Crippen molar-refractivity contribution in [3.05, 3.63) is 78.6 Å². The maximum absolute atomic E-state index is 5.50. The second kappa shape index (κ2) is 7.97. The van der Waals surface area contributed by atoms with Crippen molar-refractivity contribution in [3.8, 4) is 11.5 Å². The van der Waals surface area contributed by atoms with Gasteiger partial charge in [0.05, 0.1) is 26.1 Å². The quantitative estimate of drug-likeness (QED) is 0.499. The summed E-state index contributed by atoms with van der Waals surface area (Å²) in [6, 6.07) is 21.1. The maximum atomic E-state index is 5.50. The van der Waals surface area contributed by atoms with Crippen molar-refractivity contribution >= 4 is 17.6 Å². The van der Waals surface area contributed by atoms with Crippen molar-refractivity contribution in [3.63, 3.8) is 0 Å². The van der Waals surface area contributed by atoms with Crippen LogP contribution in [0.4, 0.5) is 11.4 Å². The van der Waals surface area contributed by atoms with E-state index in [0.717, 1.165) is 17.1 Å². The number of rotatable bonds is 6. The van der Waals surface area contributed by atoms with Crippen LogP contribution >= 0.6 is 0 Å². The first-order valence-corrected chi connectivity index (χ1v) is 7.84. The maximum Gasteiger partial charge on any atom is 0.144 e. The number of methoxy groups -OCH3 is 2. The Labute approximate surface area is 147 Å². The molecule has 0 fully saturated rings. The molecule has 1 heterocycles. The van der Waals surface area contributed by atoms with E-state index in [0.29, 0.717) is 11.5 Å². The molecule has 0 spiro atoms. The van der Waals surface area contributed by atoms with E-state index in [2.05, 4.69) is 10.1 Å². The van der Waals surface area contributed by atoms with Crippen LogP contribution in [0.15, 0.2) is 78.0 Å². The summed E-state index contributed by atoms with van der Waals surface area (Å²) in [5.41, 5.74) is 2.38. The van der Waals surface area contributed by atoms with Gasteiger partial charge in [0.25, 0.3) is 0 Å². The number of benzene rings is 2. The van der Waals surface area contributed by atoms with Crippen LogP contribution in [-0.2, 0) is 0 Å². The Morgan fingerprint density at radius 3 is 1.88 bits per heavy atom. The molecule has 0 amide bonds. The van der Waals surface area contributed by atoms with Gasteiger partial charge in [-0.3, -0.25) is 4.98 Å². The molecule has 0 aliphatic rings. The first-order chi connectivity index (χ1) is 12.3. The molecule has 0 aliphatic carbocycles. The van der Waals surface area contributed by atoms with Crippen molar-refractivity contribution in [2.24, 2.45) is 5.10 Å². The van der Waals surface area contributed by atoms with Crippen LogP contribution in [0.5, 0.6) is 11.5 Å². The molecule has 126 valence electrons. The van der Waals surface area contributed by atoms with Crippen molar-refractivity contribution in [1.82, 2.24) is 4.98 Å². The molecule has 0 saturated heterocycles. The highest BCUT2D eigenvalue weighted by molar-refractivity contribution is 5.81. The first kappa shape index (κ1) is 16.5. The van der Waals surface area contributed by atoms with Gasteiger partial charge in [0.15, 0.2) is 0 Å². The number of hydrazone groups is 1. The monoisotopic (exact) mass is 333 g/mol. The van der Waals surface area contributed by atoms with Crippen LogP contribution in [0.2, 0.25) is 0 Å². The van der Waals surface area contributed by atoms with Gasteiger partial charge in [-0.15, -0.1) is 0 Å². The standard InChI is InChI=1S/C20H19N3O2/c1-24-19-12-5-3-10-17(19)23(18-11-4-6-13-20(18)25-2)22-15-16-9-7-8-14-21-16/h3-15H,1-2H3/b22-15+. The summed E-state index contributed by atoms with van der Waals surface area (Å²) < 4.78 is 11.0. The first-order valence-electron chi connectivity index (χ1n) is 7.84. The van der Waals surface area contributed by atoms with Crippen LogP contribution in [0.25, 0.3) is 0 Å². The minimum Gasteiger partial charge on any atom is -0.494 e. The van der Waals surface area contributed by atoms with Gasteiger partial charge in [0, 0.05) is 6.20 Å². The average Bonchev–Trinajstić information content (AvgIpc) is 2.69. The molecular formula is C20H19N3O2. The molecule has 0 N–H and O–H groups in total. The third-order valence-electron chi connectivity index (χ3n) is 3.62. The third-order valence-corrected chi connectivity index (χ3v) is 3.62. The minimum absolute atomic E-state index is 0.714. The molecular weight excluding hydrogens is 314 g/mol. The lowest BCUT2D eigenvalue weighted by molar-refractivity contribution is 0.411. The topological polar surface area (TPSA) is 47.0 Å². The van der Waals surface area contributed by atoms with Crippen LogP contribution in [0, 0.1) is 0 Å². The fourth-order valence-corrected chi connectivity index (χ4v) is 2.43. The number of ether oxygens (including phenoxy) is 2. The normalized spacial score (nSPS) is 10.6. The zero-order valence-electron chi connectivity index (χ0n) is 14.2. The number of hydrogen-bond acceptors (Lipinski definition) is 5. The Bertz CT molecular complexity index is 803. The summed E-state index contributed by atoms with van der Waals surface area (Å²) in [6.45, 7) is 0. The summed E-state index contributed by atoms with van der Waals surface area (Å²) in [5.74, 6) is 1.43. The number of nitrogens with zero attached hydrogens (tertiary/aromatic N) is 3. The van der Waals surface area contributed by atoms with E-state index in [1.807, 2.05) is 66.7 Å². The van der Waals surface area contributed by atoms with Crippen LogP contribution < -0.4 is 14.5 Å². The van der Waals surface area contributed by atoms with E-state index in [-0.39, 0.29) is 0 Å². The van der Waals surface area contributed by atoms with Gasteiger partial charge in [-0.05, 0) is 36.4 Å². The Hall–Kier alpha value is -3.34. The van der Waals surface area contributed by atoms with Crippen molar-refractivity contribution in [2.75, 3.05) is 19.2 Å². The van der Waals surface area contributed by atoms with Crippen LogP contribution in [0.3, 0.4) is 0 Å². The third kappa shape index (κ3) is 3.77. The fourth-order valence-electron chi connectivity index (χ4n) is 2.43. The molecule has 1 aromatic heterocycles. The molecule has 0 bridgehead atoms. The van der Waals surface area contributed by atoms with Gasteiger partial charge in [-0.25, -0.2) is 5.01 Å². The number of aromatic nitrogens is 1. The molecule has 0 unspecified atom stereocenters. The molecule has 2 aromatic carbocycles. The Morgan fingerprint density at radius 1 is 0.800 bits per heavy atom. The number of hydrogen-bond donors (Lipinski definition) is 0. The van der Waals surface area contributed by atoms with Gasteiger partial charge in [-0.1, -0.05) is 30.3 Å². The van der Waals surface area contributed by atoms with E-state index in [9.17, 15) is 0 Å². The molecule has 25 heavy (non-hydrogen) atoms. The van der Waals surface area contributed by atoms with Crippen LogP contribution in [0.1, 0.15) is 5.69 Å². The van der Waals surface area contributed by atoms with E-state index in [1.54, 1.807) is 31.6 Å². The van der Waals surface area contributed by atoms with E-state index in [1.165, 1.54) is 0 Å². The second-order valence-corrected chi connectivity index (χ2v) is 5.15. The van der Waals surface area contributed by atoms with Crippen molar-refractivity contribution in [1.29, 1.82) is 0 Å². The summed E-state index contributed by atoms with van der Waals surface area (Å²) in [7, 11) is 3.28. The summed E-state index contributed by atoms with van der Waals surface area (Å²) in [5, 5.41) is 6.42. The predicted octanol–water partition coefficient (Wildman–Crippen LogP) is 4.27. The largest absolute Gasteiger partial charge is 0.494 e. The molecule has 3 aromatic rings. The molecule has 0 aliphatic heterocycles. The number of pyridine rings is 1. The molecule has 0 atom stereocenters. The highest BCUT2D eigenvalue weighted by Gasteiger charge is 2.16. The second-order valence-electron chi connectivity index (χ2n) is 5.15. The molecule has 0 radical (unpaired) electrons. The highest BCUT2D eigenvalue weighted by atomic mass is 16.5. The van der Waals surface area contributed by atoms with Gasteiger partial charge in [0.1, 0.15) is 22.9 Å². The summed E-state index contributed by atoms with van der Waals surface area (Å²) in [4.78, 5) is 4.28. The van der Waals surface area contributed by atoms with Gasteiger partial charge in [-0.2, -0.15) is 5.10 Å². The molecule has 5 heteroatoms. The van der Waals surface area contributed by atoms with Gasteiger partial charge in [0.2, 0.25) is 0 Å². The summed E-state index contributed by atoms with van der Waals surface area (Å²) in [6.07, 6.45) is 3.44. The zero-order chi connectivity index (χ0) is 17.5. The predicted molar refractivity (Wildman–Crippen MR) is 100.0 cm³/mol. The lowest BCUT2D eigenvalue weighted by atomic mass is 10.2. The van der Waals surface area contributed by atoms with E-state index >= 15 is 0 Å². The Kier molecular flexibility index (Phi) is 5.26. The van der Waals surface area contributed by atoms with Crippen molar-refractivity contribution in [2.45, 2.75) is 0 Å². The van der Waals surface area contributed by atoms with Gasteiger partial charge < -0.3 is 9.47 Å². The lowest BCUT2D eigenvalue weighted by Crippen LogP contribution is -2.12. The molecule has 0 saturated carbocycles. The Morgan fingerprint density at radius 2 is 1.36 bits per heavy atom. The van der Waals surface area contributed by atoms with E-state index in [4.69, 9.17) is 9.47 Å². The molecule has 5 nitrogen and oxygen atoms in total. The fraction of sp³-hybridized carbons (Fsp3) is 0.100.